The minimum atomic E-state index is 0.730. The molecule has 0 aliphatic heterocycles. The van der Waals surface area contributed by atoms with Gasteiger partial charge in [-0.2, -0.15) is 0 Å². The van der Waals surface area contributed by atoms with E-state index in [1.807, 2.05) is 23.6 Å². The van der Waals surface area contributed by atoms with E-state index in [2.05, 4.69) is 34.7 Å². The van der Waals surface area contributed by atoms with Crippen molar-refractivity contribution in [3.8, 4) is 11.3 Å². The lowest BCUT2D eigenvalue weighted by Gasteiger charge is -2.03. The first kappa shape index (κ1) is 10.3. The Bertz CT molecular complexity index is 655. The quantitative estimate of drug-likeness (QED) is 0.535. The zero-order valence-electron chi connectivity index (χ0n) is 9.05. The Hall–Kier alpha value is -1.91. The topological polar surface area (TPSA) is 50.9 Å². The molecule has 1 aromatic heterocycles. The number of nitrogens with zero attached hydrogens (tertiary/aromatic N) is 1. The molecule has 0 aliphatic rings. The van der Waals surface area contributed by atoms with Crippen LogP contribution in [0, 0.1) is 0 Å². The first-order valence-electron chi connectivity index (χ1n) is 5.29. The normalized spacial score (nSPS) is 10.6. The van der Waals surface area contributed by atoms with Crippen LogP contribution < -0.4 is 11.3 Å². The molecule has 4 heteroatoms. The van der Waals surface area contributed by atoms with Gasteiger partial charge < -0.3 is 0 Å². The summed E-state index contributed by atoms with van der Waals surface area (Å²) in [6.07, 6.45) is 0. The molecule has 17 heavy (non-hydrogen) atoms. The number of hydrogen-bond donors (Lipinski definition) is 2. The Kier molecular flexibility index (Phi) is 2.51. The zero-order chi connectivity index (χ0) is 11.7. The minimum absolute atomic E-state index is 0.730. The van der Waals surface area contributed by atoms with Crippen LogP contribution in [0.3, 0.4) is 0 Å². The van der Waals surface area contributed by atoms with E-state index in [9.17, 15) is 0 Å². The van der Waals surface area contributed by atoms with E-state index in [0.717, 1.165) is 16.4 Å². The lowest BCUT2D eigenvalue weighted by Crippen LogP contribution is -2.05. The number of nitrogen functional groups attached to an aromatic ring is 1. The van der Waals surface area contributed by atoms with E-state index in [4.69, 9.17) is 5.84 Å². The molecule has 0 radical (unpaired) electrons. The van der Waals surface area contributed by atoms with Crippen LogP contribution in [-0.4, -0.2) is 4.98 Å². The number of rotatable bonds is 2. The SMILES string of the molecule is NNc1nc(-c2cccc3ccccc23)cs1. The van der Waals surface area contributed by atoms with Crippen molar-refractivity contribution in [2.45, 2.75) is 0 Å². The maximum absolute atomic E-state index is 5.35. The van der Waals surface area contributed by atoms with Crippen molar-refractivity contribution in [1.82, 2.24) is 4.98 Å². The van der Waals surface area contributed by atoms with Gasteiger partial charge in [0.15, 0.2) is 5.13 Å². The van der Waals surface area contributed by atoms with Gasteiger partial charge in [-0.15, -0.1) is 11.3 Å². The van der Waals surface area contributed by atoms with Gasteiger partial charge in [0.1, 0.15) is 0 Å². The Morgan fingerprint density at radius 2 is 1.88 bits per heavy atom. The smallest absolute Gasteiger partial charge is 0.197 e. The molecular weight excluding hydrogens is 230 g/mol. The average Bonchev–Trinajstić information content (AvgIpc) is 2.87. The molecule has 0 unspecified atom stereocenters. The molecule has 3 rings (SSSR count). The van der Waals surface area contributed by atoms with E-state index < -0.39 is 0 Å². The lowest BCUT2D eigenvalue weighted by molar-refractivity contribution is 1.29. The van der Waals surface area contributed by atoms with Crippen LogP contribution in [0.2, 0.25) is 0 Å². The molecule has 3 N–H and O–H groups in total. The second kappa shape index (κ2) is 4.16. The number of hydrazine groups is 1. The molecular formula is C13H11N3S. The fourth-order valence-corrected chi connectivity index (χ4v) is 2.53. The van der Waals surface area contributed by atoms with Crippen LogP contribution in [-0.2, 0) is 0 Å². The van der Waals surface area contributed by atoms with Crippen molar-refractivity contribution in [3.63, 3.8) is 0 Å². The van der Waals surface area contributed by atoms with Gasteiger partial charge in [0.2, 0.25) is 0 Å². The van der Waals surface area contributed by atoms with E-state index in [1.54, 1.807) is 0 Å². The predicted molar refractivity (Wildman–Crippen MR) is 72.9 cm³/mol. The Labute approximate surface area is 103 Å². The van der Waals surface area contributed by atoms with Crippen molar-refractivity contribution in [1.29, 1.82) is 0 Å². The van der Waals surface area contributed by atoms with Gasteiger partial charge in [-0.3, -0.25) is 5.43 Å². The molecule has 2 aromatic carbocycles. The molecule has 0 saturated carbocycles. The van der Waals surface area contributed by atoms with Crippen LogP contribution in [0.4, 0.5) is 5.13 Å². The summed E-state index contributed by atoms with van der Waals surface area (Å²) in [5, 5.41) is 5.17. The molecule has 0 saturated heterocycles. The fourth-order valence-electron chi connectivity index (χ4n) is 1.91. The highest BCUT2D eigenvalue weighted by Crippen LogP contribution is 2.30. The summed E-state index contributed by atoms with van der Waals surface area (Å²) in [5.74, 6) is 5.35. The summed E-state index contributed by atoms with van der Waals surface area (Å²) in [5.41, 5.74) is 4.67. The van der Waals surface area contributed by atoms with Crippen LogP contribution >= 0.6 is 11.3 Å². The second-order valence-electron chi connectivity index (χ2n) is 3.71. The Balaban J connectivity index is 2.23. The molecule has 0 atom stereocenters. The van der Waals surface area contributed by atoms with Crippen LogP contribution in [0.5, 0.6) is 0 Å². The number of anilines is 1. The summed E-state index contributed by atoms with van der Waals surface area (Å²) in [6.45, 7) is 0. The van der Waals surface area contributed by atoms with E-state index in [-0.39, 0.29) is 0 Å². The van der Waals surface area contributed by atoms with Crippen molar-refractivity contribution in [3.05, 3.63) is 47.8 Å². The summed E-state index contributed by atoms with van der Waals surface area (Å²) >= 11 is 1.51. The van der Waals surface area contributed by atoms with Gasteiger partial charge in [0.05, 0.1) is 5.69 Å². The minimum Gasteiger partial charge on any atom is -0.300 e. The first-order valence-corrected chi connectivity index (χ1v) is 6.17. The summed E-state index contributed by atoms with van der Waals surface area (Å²) in [7, 11) is 0. The third-order valence-electron chi connectivity index (χ3n) is 2.69. The monoisotopic (exact) mass is 241 g/mol. The standard InChI is InChI=1S/C13H11N3S/c14-16-13-15-12(8-17-13)11-7-3-5-9-4-1-2-6-10(9)11/h1-8H,14H2,(H,15,16). The van der Waals surface area contributed by atoms with Gasteiger partial charge in [-0.1, -0.05) is 42.5 Å². The Morgan fingerprint density at radius 1 is 1.06 bits per heavy atom. The van der Waals surface area contributed by atoms with E-state index >= 15 is 0 Å². The highest BCUT2D eigenvalue weighted by molar-refractivity contribution is 7.14. The molecule has 0 aliphatic carbocycles. The zero-order valence-corrected chi connectivity index (χ0v) is 9.87. The number of nitrogens with two attached hydrogens (primary N) is 1. The molecule has 3 nitrogen and oxygen atoms in total. The summed E-state index contributed by atoms with van der Waals surface area (Å²) < 4.78 is 0. The van der Waals surface area contributed by atoms with Crippen molar-refractivity contribution >= 4 is 27.2 Å². The number of aromatic nitrogens is 1. The second-order valence-corrected chi connectivity index (χ2v) is 4.57. The van der Waals surface area contributed by atoms with Crippen LogP contribution in [0.15, 0.2) is 47.8 Å². The molecule has 0 spiro atoms. The predicted octanol–water partition coefficient (Wildman–Crippen LogP) is 3.25. The van der Waals surface area contributed by atoms with E-state index in [1.165, 1.54) is 22.1 Å². The molecule has 0 fully saturated rings. The average molecular weight is 241 g/mol. The molecule has 1 heterocycles. The number of benzene rings is 2. The number of thiazole rings is 1. The maximum Gasteiger partial charge on any atom is 0.197 e. The fraction of sp³-hybridized carbons (Fsp3) is 0. The maximum atomic E-state index is 5.35. The van der Waals surface area contributed by atoms with Crippen molar-refractivity contribution in [2.24, 2.45) is 5.84 Å². The largest absolute Gasteiger partial charge is 0.300 e. The molecule has 3 aromatic rings. The summed E-state index contributed by atoms with van der Waals surface area (Å²) in [6, 6.07) is 14.5. The van der Waals surface area contributed by atoms with Gasteiger partial charge in [0.25, 0.3) is 0 Å². The van der Waals surface area contributed by atoms with Crippen molar-refractivity contribution in [2.75, 3.05) is 5.43 Å². The van der Waals surface area contributed by atoms with E-state index in [0.29, 0.717) is 0 Å². The lowest BCUT2D eigenvalue weighted by atomic mass is 10.0. The van der Waals surface area contributed by atoms with Crippen LogP contribution in [0.25, 0.3) is 22.0 Å². The third-order valence-corrected chi connectivity index (χ3v) is 3.47. The molecule has 84 valence electrons. The Morgan fingerprint density at radius 3 is 2.71 bits per heavy atom. The number of nitrogens with one attached hydrogen (secondary N) is 1. The van der Waals surface area contributed by atoms with Gasteiger partial charge in [0, 0.05) is 10.9 Å². The first-order chi connectivity index (χ1) is 8.38. The van der Waals surface area contributed by atoms with Crippen LogP contribution in [0.1, 0.15) is 0 Å². The third kappa shape index (κ3) is 1.77. The highest BCUT2D eigenvalue weighted by atomic mass is 32.1. The highest BCUT2D eigenvalue weighted by Gasteiger charge is 2.06. The molecule has 0 bridgehead atoms. The van der Waals surface area contributed by atoms with Gasteiger partial charge >= 0.3 is 0 Å². The summed E-state index contributed by atoms with van der Waals surface area (Å²) in [4.78, 5) is 4.43. The molecule has 0 amide bonds. The number of fused-ring (bicyclic) bond motifs is 1. The van der Waals surface area contributed by atoms with Gasteiger partial charge in [-0.25, -0.2) is 10.8 Å². The van der Waals surface area contributed by atoms with Crippen molar-refractivity contribution < 1.29 is 0 Å². The number of hydrogen-bond acceptors (Lipinski definition) is 4. The van der Waals surface area contributed by atoms with Gasteiger partial charge in [-0.05, 0) is 10.8 Å².